The maximum atomic E-state index is 14.6. The smallest absolute Gasteiger partial charge is 0.313 e. The number of unbranched alkanes of at least 4 members (excludes halogenated alkanes) is 1. The Balaban J connectivity index is 1.44. The Morgan fingerprint density at radius 3 is 2.54 bits per heavy atom. The number of anilines is 1. The number of aliphatic hydroxyl groups excluding tert-OH is 1. The summed E-state index contributed by atoms with van der Waals surface area (Å²) >= 11 is 6.55. The minimum Gasteiger partial charge on any atom is -0.455 e. The minimum atomic E-state index is -1.50. The van der Waals surface area contributed by atoms with E-state index in [0.29, 0.717) is 35.5 Å². The molecule has 0 unspecified atom stereocenters. The zero-order valence-corrected chi connectivity index (χ0v) is 27.5. The molecule has 2 N–H and O–H groups in total. The number of amides is 3. The average molecular weight is 678 g/mol. The number of rotatable bonds is 8. The summed E-state index contributed by atoms with van der Waals surface area (Å²) in [6.45, 7) is 0.354. The lowest BCUT2D eigenvalue weighted by atomic mass is 9.77. The predicted octanol–water partition coefficient (Wildman–Crippen LogP) is 3.36. The molecule has 48 heavy (non-hydrogen) atoms. The van der Waals surface area contributed by atoms with Gasteiger partial charge in [-0.15, -0.1) is 0 Å². The quantitative estimate of drug-likeness (QED) is 0.247. The summed E-state index contributed by atoms with van der Waals surface area (Å²) in [6, 6.07) is 14.2. The van der Waals surface area contributed by atoms with Crippen molar-refractivity contribution < 1.29 is 38.5 Å². The van der Waals surface area contributed by atoms with Crippen molar-refractivity contribution in [1.29, 1.82) is 0 Å². The van der Waals surface area contributed by atoms with E-state index in [1.807, 2.05) is 18.2 Å². The lowest BCUT2D eigenvalue weighted by molar-refractivity contribution is -0.162. The number of benzene rings is 2. The van der Waals surface area contributed by atoms with Gasteiger partial charge in [-0.1, -0.05) is 78.4 Å². The number of likely N-dealkylation sites (tertiary alicyclic amines) is 1. The van der Waals surface area contributed by atoms with Gasteiger partial charge in [-0.25, -0.2) is 0 Å². The number of methoxy groups -OCH3 is 1. The molecule has 0 aliphatic carbocycles. The normalized spacial score (nSPS) is 31.1. The first-order valence-electron chi connectivity index (χ1n) is 16.3. The van der Waals surface area contributed by atoms with Gasteiger partial charge in [0.2, 0.25) is 11.8 Å². The van der Waals surface area contributed by atoms with Crippen molar-refractivity contribution in [3.63, 3.8) is 0 Å². The molecule has 4 aliphatic rings. The summed E-state index contributed by atoms with van der Waals surface area (Å²) in [5.41, 5.74) is -0.357. The number of halogens is 1. The van der Waals surface area contributed by atoms with E-state index in [0.717, 1.165) is 0 Å². The maximum Gasteiger partial charge on any atom is 0.313 e. The number of hydrogen-bond acceptors (Lipinski definition) is 8. The molecule has 1 spiro atoms. The molecular weight excluding hydrogens is 638 g/mol. The van der Waals surface area contributed by atoms with Crippen LogP contribution in [-0.4, -0.2) is 90.9 Å². The van der Waals surface area contributed by atoms with Gasteiger partial charge < -0.3 is 34.4 Å². The number of esters is 1. The fraction of sp³-hybridized carbons (Fsp3) is 0.444. The number of para-hydroxylation sites is 1. The highest BCUT2D eigenvalue weighted by Gasteiger charge is 2.71. The first-order valence-corrected chi connectivity index (χ1v) is 16.7. The monoisotopic (exact) mass is 677 g/mol. The van der Waals surface area contributed by atoms with Crippen molar-refractivity contribution in [2.24, 2.45) is 11.8 Å². The highest BCUT2D eigenvalue weighted by molar-refractivity contribution is 6.34. The molecule has 11 nitrogen and oxygen atoms in total. The van der Waals surface area contributed by atoms with Crippen LogP contribution in [0.25, 0.3) is 0 Å². The van der Waals surface area contributed by atoms with Gasteiger partial charge in [-0.2, -0.15) is 0 Å². The molecule has 6 rings (SSSR count). The second-order valence-electron chi connectivity index (χ2n) is 12.5. The van der Waals surface area contributed by atoms with E-state index in [-0.39, 0.29) is 44.5 Å². The molecule has 254 valence electrons. The fourth-order valence-electron chi connectivity index (χ4n) is 7.41. The summed E-state index contributed by atoms with van der Waals surface area (Å²) in [7, 11) is 1.50. The summed E-state index contributed by atoms with van der Waals surface area (Å²) in [4.78, 5) is 59.7. The third-order valence-electron chi connectivity index (χ3n) is 9.51. The minimum absolute atomic E-state index is 0.0702. The Labute approximate surface area is 284 Å². The Morgan fingerprint density at radius 1 is 1.02 bits per heavy atom. The predicted molar refractivity (Wildman–Crippen MR) is 177 cm³/mol. The molecule has 4 heterocycles. The second kappa shape index (κ2) is 14.6. The molecule has 0 radical (unpaired) electrons. The molecule has 2 saturated heterocycles. The van der Waals surface area contributed by atoms with Crippen LogP contribution in [0.1, 0.15) is 37.4 Å². The number of nitrogens with one attached hydrogen (secondary N) is 1. The van der Waals surface area contributed by atoms with Crippen molar-refractivity contribution in [3.05, 3.63) is 89.5 Å². The molecule has 4 aliphatic heterocycles. The number of aliphatic hydroxyl groups is 1. The van der Waals surface area contributed by atoms with Gasteiger partial charge in [-0.3, -0.25) is 19.2 Å². The Hall–Kier alpha value is -4.03. The van der Waals surface area contributed by atoms with Crippen molar-refractivity contribution in [2.75, 3.05) is 38.3 Å². The highest BCUT2D eigenvalue weighted by Crippen LogP contribution is 2.53. The van der Waals surface area contributed by atoms with Crippen LogP contribution in [0.3, 0.4) is 0 Å². The van der Waals surface area contributed by atoms with Crippen LogP contribution >= 0.6 is 11.6 Å². The maximum absolute atomic E-state index is 14.6. The van der Waals surface area contributed by atoms with E-state index in [1.165, 1.54) is 16.9 Å². The first kappa shape index (κ1) is 33.9. The number of fused-ring (bicyclic) bond motifs is 2. The van der Waals surface area contributed by atoms with Gasteiger partial charge in [0.1, 0.15) is 23.7 Å². The molecule has 3 amide bonds. The molecule has 12 heteroatoms. The summed E-state index contributed by atoms with van der Waals surface area (Å²) < 4.78 is 18.5. The summed E-state index contributed by atoms with van der Waals surface area (Å²) in [5.74, 6) is -3.90. The van der Waals surface area contributed by atoms with Gasteiger partial charge in [0.15, 0.2) is 0 Å². The fourth-order valence-corrected chi connectivity index (χ4v) is 7.65. The lowest BCUT2D eigenvalue weighted by Gasteiger charge is -2.35. The molecule has 2 aromatic carbocycles. The van der Waals surface area contributed by atoms with E-state index in [9.17, 15) is 24.3 Å². The summed E-state index contributed by atoms with van der Waals surface area (Å²) in [6.07, 6.45) is 6.55. The molecule has 0 saturated carbocycles. The lowest BCUT2D eigenvalue weighted by Crippen LogP contribution is -2.55. The van der Waals surface area contributed by atoms with E-state index in [2.05, 4.69) is 5.32 Å². The third-order valence-corrected chi connectivity index (χ3v) is 9.83. The summed E-state index contributed by atoms with van der Waals surface area (Å²) in [5, 5.41) is 12.9. The van der Waals surface area contributed by atoms with Crippen LogP contribution in [0, 0.1) is 11.8 Å². The molecule has 7 atom stereocenters. The van der Waals surface area contributed by atoms with Gasteiger partial charge in [0.25, 0.3) is 5.91 Å². The van der Waals surface area contributed by atoms with Crippen LogP contribution < -0.4 is 10.2 Å². The van der Waals surface area contributed by atoms with Crippen molar-refractivity contribution in [1.82, 2.24) is 10.2 Å². The Bertz CT molecular complexity index is 1580. The van der Waals surface area contributed by atoms with Gasteiger partial charge in [0, 0.05) is 33.2 Å². The van der Waals surface area contributed by atoms with E-state index in [1.54, 1.807) is 60.7 Å². The van der Waals surface area contributed by atoms with Crippen LogP contribution in [0.4, 0.5) is 5.69 Å². The number of cyclic esters (lactones) is 1. The van der Waals surface area contributed by atoms with E-state index >= 15 is 0 Å². The third kappa shape index (κ3) is 6.27. The van der Waals surface area contributed by atoms with Crippen LogP contribution in [-0.2, 0) is 33.4 Å². The van der Waals surface area contributed by atoms with E-state index < -0.39 is 53.6 Å². The van der Waals surface area contributed by atoms with Crippen LogP contribution in [0.15, 0.2) is 78.9 Å². The second-order valence-corrected chi connectivity index (χ2v) is 12.9. The Morgan fingerprint density at radius 2 is 1.79 bits per heavy atom. The van der Waals surface area contributed by atoms with Crippen LogP contribution in [0.2, 0.25) is 5.02 Å². The van der Waals surface area contributed by atoms with Crippen LogP contribution in [0.5, 0.6) is 0 Å². The number of carbonyl (C=O) groups excluding carboxylic acids is 4. The highest BCUT2D eigenvalue weighted by atomic mass is 35.5. The molecule has 0 aromatic heterocycles. The zero-order chi connectivity index (χ0) is 33.8. The van der Waals surface area contributed by atoms with Gasteiger partial charge in [-0.05, 0) is 37.0 Å². The Kier molecular flexibility index (Phi) is 10.3. The SMILES string of the molecule is COC[C@H]1NC(=O)CC/C=C\[C@H]2O[C@]34C=CCN(c5ccccc5Cl)C(=O)[C@H]3N(CCCCO)C(=O)[C@@H]4[C@H]2C(=O)O[C@@H]1c1ccccc1. The standard InChI is InChI=1S/C36H40ClN3O8/c1-46-22-25-31(23-12-3-2-4-13-23)47-35(45)29-27(16-7-8-17-28(42)38-25)48-36-18-11-20-39(26-15-6-5-14-24(26)37)34(44)32(36)40(19-9-10-21-41)33(43)30(29)36/h2-7,11-16,18,25,27,29-32,41H,8-10,17,19-22H2,1H3,(H,38,42)/b16-7-/t25-,27-,29+,30+,31-,32-,36+/m1/s1. The largest absolute Gasteiger partial charge is 0.455 e. The number of ether oxygens (including phenoxy) is 3. The van der Waals surface area contributed by atoms with Crippen molar-refractivity contribution >= 4 is 41.0 Å². The average Bonchev–Trinajstić information content (AvgIpc) is 3.46. The van der Waals surface area contributed by atoms with Gasteiger partial charge >= 0.3 is 5.97 Å². The molecule has 2 aromatic rings. The topological polar surface area (TPSA) is 135 Å². The number of nitrogens with zero attached hydrogens (tertiary/aromatic N) is 2. The molecular formula is C36H40ClN3O8. The number of carbonyl (C=O) groups is 4. The molecule has 2 fully saturated rings. The number of allylic oxidation sites excluding steroid dienone is 1. The van der Waals surface area contributed by atoms with Crippen molar-refractivity contribution in [2.45, 2.75) is 55.6 Å². The first-order chi connectivity index (χ1) is 23.3. The van der Waals surface area contributed by atoms with Gasteiger partial charge in [0.05, 0.1) is 35.4 Å². The van der Waals surface area contributed by atoms with E-state index in [4.69, 9.17) is 25.8 Å². The van der Waals surface area contributed by atoms with Crippen molar-refractivity contribution in [3.8, 4) is 0 Å². The zero-order valence-electron chi connectivity index (χ0n) is 26.7. The number of hydrogen-bond donors (Lipinski definition) is 2. The molecule has 0 bridgehead atoms.